The number of hydrogen-bond donors (Lipinski definition) is 1. The van der Waals surface area contributed by atoms with Gasteiger partial charge in [-0.15, -0.1) is 0 Å². The molecule has 0 saturated carbocycles. The van der Waals surface area contributed by atoms with Gasteiger partial charge in [-0.3, -0.25) is 0 Å². The summed E-state index contributed by atoms with van der Waals surface area (Å²) >= 11 is 5.85. The van der Waals surface area contributed by atoms with Crippen molar-refractivity contribution in [2.75, 3.05) is 5.32 Å². The summed E-state index contributed by atoms with van der Waals surface area (Å²) in [7, 11) is 0. The average molecular weight is 196 g/mol. The SMILES string of the molecule is CC1Nc2ccc(Cl)cc2C1C=O. The van der Waals surface area contributed by atoms with Gasteiger partial charge in [0.25, 0.3) is 0 Å². The zero-order valence-corrected chi connectivity index (χ0v) is 8.01. The van der Waals surface area contributed by atoms with Gasteiger partial charge >= 0.3 is 0 Å². The summed E-state index contributed by atoms with van der Waals surface area (Å²) in [6.07, 6.45) is 0.972. The number of rotatable bonds is 1. The standard InChI is InChI=1S/C10H10ClNO/c1-6-9(5-13)8-4-7(11)2-3-10(8)12-6/h2-6,9,12H,1H3. The molecule has 1 aliphatic heterocycles. The molecule has 1 aromatic carbocycles. The van der Waals surface area contributed by atoms with E-state index in [1.807, 2.05) is 25.1 Å². The number of fused-ring (bicyclic) bond motifs is 1. The van der Waals surface area contributed by atoms with Gasteiger partial charge in [0.15, 0.2) is 0 Å². The summed E-state index contributed by atoms with van der Waals surface area (Å²) in [4.78, 5) is 10.8. The van der Waals surface area contributed by atoms with Gasteiger partial charge in [-0.2, -0.15) is 0 Å². The Bertz CT molecular complexity index is 351. The lowest BCUT2D eigenvalue weighted by Gasteiger charge is -2.07. The van der Waals surface area contributed by atoms with Crippen LogP contribution in [0.2, 0.25) is 5.02 Å². The van der Waals surface area contributed by atoms with Crippen LogP contribution in [0.4, 0.5) is 5.69 Å². The molecule has 0 spiro atoms. The molecule has 1 aromatic rings. The number of halogens is 1. The third-order valence-electron chi connectivity index (χ3n) is 2.44. The third kappa shape index (κ3) is 1.31. The lowest BCUT2D eigenvalue weighted by molar-refractivity contribution is -0.109. The van der Waals surface area contributed by atoms with Gasteiger partial charge in [0.05, 0.1) is 5.92 Å². The van der Waals surface area contributed by atoms with E-state index in [0.29, 0.717) is 5.02 Å². The third-order valence-corrected chi connectivity index (χ3v) is 2.68. The molecule has 0 saturated heterocycles. The van der Waals surface area contributed by atoms with Crippen LogP contribution in [-0.4, -0.2) is 12.3 Å². The van der Waals surface area contributed by atoms with Crippen LogP contribution < -0.4 is 5.32 Å². The Labute approximate surface area is 81.9 Å². The van der Waals surface area contributed by atoms with Crippen molar-refractivity contribution >= 4 is 23.6 Å². The van der Waals surface area contributed by atoms with Crippen LogP contribution in [-0.2, 0) is 4.79 Å². The van der Waals surface area contributed by atoms with Crippen molar-refractivity contribution in [3.05, 3.63) is 28.8 Å². The minimum Gasteiger partial charge on any atom is -0.381 e. The fourth-order valence-electron chi connectivity index (χ4n) is 1.74. The number of anilines is 1. The van der Waals surface area contributed by atoms with E-state index >= 15 is 0 Å². The molecule has 2 rings (SSSR count). The molecule has 0 aliphatic carbocycles. The first-order valence-electron chi connectivity index (χ1n) is 4.23. The van der Waals surface area contributed by atoms with Crippen LogP contribution in [0.1, 0.15) is 18.4 Å². The van der Waals surface area contributed by atoms with E-state index in [2.05, 4.69) is 5.32 Å². The lowest BCUT2D eigenvalue weighted by Crippen LogP contribution is -2.16. The Morgan fingerprint density at radius 2 is 2.31 bits per heavy atom. The van der Waals surface area contributed by atoms with Gasteiger partial charge in [-0.1, -0.05) is 11.6 Å². The maximum Gasteiger partial charge on any atom is 0.129 e. The van der Waals surface area contributed by atoms with Crippen LogP contribution in [0.25, 0.3) is 0 Å². The van der Waals surface area contributed by atoms with E-state index in [1.165, 1.54) is 0 Å². The fourth-order valence-corrected chi connectivity index (χ4v) is 1.92. The Kier molecular flexibility index (Phi) is 2.00. The number of carbonyl (C=O) groups is 1. The summed E-state index contributed by atoms with van der Waals surface area (Å²) in [5, 5.41) is 3.92. The minimum atomic E-state index is -0.0614. The fraction of sp³-hybridized carbons (Fsp3) is 0.300. The lowest BCUT2D eigenvalue weighted by atomic mass is 9.98. The molecular formula is C10H10ClNO. The summed E-state index contributed by atoms with van der Waals surface area (Å²) < 4.78 is 0. The highest BCUT2D eigenvalue weighted by molar-refractivity contribution is 6.30. The smallest absolute Gasteiger partial charge is 0.129 e. The van der Waals surface area contributed by atoms with Crippen LogP contribution in [0.5, 0.6) is 0 Å². The molecule has 3 heteroatoms. The van der Waals surface area contributed by atoms with E-state index in [-0.39, 0.29) is 12.0 Å². The quantitative estimate of drug-likeness (QED) is 0.698. The largest absolute Gasteiger partial charge is 0.381 e. The molecule has 1 heterocycles. The second kappa shape index (κ2) is 3.04. The summed E-state index contributed by atoms with van der Waals surface area (Å²) in [5.41, 5.74) is 2.03. The molecule has 0 fully saturated rings. The van der Waals surface area contributed by atoms with E-state index in [9.17, 15) is 4.79 Å². The van der Waals surface area contributed by atoms with Crippen molar-refractivity contribution in [2.45, 2.75) is 18.9 Å². The first-order chi connectivity index (χ1) is 6.22. The molecule has 0 radical (unpaired) electrons. The van der Waals surface area contributed by atoms with Crippen molar-refractivity contribution in [3.8, 4) is 0 Å². The number of benzene rings is 1. The highest BCUT2D eigenvalue weighted by Gasteiger charge is 2.28. The van der Waals surface area contributed by atoms with Crippen molar-refractivity contribution in [1.29, 1.82) is 0 Å². The summed E-state index contributed by atoms with van der Waals surface area (Å²) in [6.45, 7) is 1.99. The molecule has 2 atom stereocenters. The molecule has 68 valence electrons. The first kappa shape index (κ1) is 8.57. The minimum absolute atomic E-state index is 0.0614. The molecule has 0 aromatic heterocycles. The van der Waals surface area contributed by atoms with Crippen molar-refractivity contribution < 1.29 is 4.79 Å². The van der Waals surface area contributed by atoms with Crippen LogP contribution in [0.3, 0.4) is 0 Å². The molecule has 2 nitrogen and oxygen atoms in total. The number of aldehydes is 1. The molecule has 13 heavy (non-hydrogen) atoms. The number of nitrogens with one attached hydrogen (secondary N) is 1. The normalized spacial score (nSPS) is 25.1. The second-order valence-corrected chi connectivity index (χ2v) is 3.76. The van der Waals surface area contributed by atoms with Crippen molar-refractivity contribution in [1.82, 2.24) is 0 Å². The van der Waals surface area contributed by atoms with Gasteiger partial charge < -0.3 is 10.1 Å². The average Bonchev–Trinajstić information content (AvgIpc) is 2.40. The van der Waals surface area contributed by atoms with E-state index in [0.717, 1.165) is 17.5 Å². The predicted octanol–water partition coefficient (Wildman–Crippen LogP) is 2.44. The highest BCUT2D eigenvalue weighted by atomic mass is 35.5. The first-order valence-corrected chi connectivity index (χ1v) is 4.61. The van der Waals surface area contributed by atoms with Crippen molar-refractivity contribution in [3.63, 3.8) is 0 Å². The Balaban J connectivity index is 2.49. The Morgan fingerprint density at radius 3 is 3.00 bits per heavy atom. The second-order valence-electron chi connectivity index (χ2n) is 3.33. The monoisotopic (exact) mass is 195 g/mol. The highest BCUT2D eigenvalue weighted by Crippen LogP contribution is 2.35. The van der Waals surface area contributed by atoms with Crippen LogP contribution in [0, 0.1) is 0 Å². The molecule has 1 N–H and O–H groups in total. The maximum atomic E-state index is 10.8. The van der Waals surface area contributed by atoms with E-state index < -0.39 is 0 Å². The van der Waals surface area contributed by atoms with Gasteiger partial charge in [-0.05, 0) is 30.7 Å². The van der Waals surface area contributed by atoms with Crippen molar-refractivity contribution in [2.24, 2.45) is 0 Å². The Hall–Kier alpha value is -1.02. The Morgan fingerprint density at radius 1 is 1.54 bits per heavy atom. The zero-order chi connectivity index (χ0) is 9.42. The molecule has 0 amide bonds. The summed E-state index contributed by atoms with van der Waals surface area (Å²) in [6, 6.07) is 5.77. The van der Waals surface area contributed by atoms with Gasteiger partial charge in [0.2, 0.25) is 0 Å². The zero-order valence-electron chi connectivity index (χ0n) is 7.25. The number of hydrogen-bond acceptors (Lipinski definition) is 2. The van der Waals surface area contributed by atoms with Crippen LogP contribution >= 0.6 is 11.6 Å². The molecule has 1 aliphatic rings. The summed E-state index contributed by atoms with van der Waals surface area (Å²) in [5.74, 6) is -0.0614. The van der Waals surface area contributed by atoms with Gasteiger partial charge in [0, 0.05) is 16.8 Å². The molecule has 0 bridgehead atoms. The van der Waals surface area contributed by atoms with Crippen LogP contribution in [0.15, 0.2) is 18.2 Å². The van der Waals surface area contributed by atoms with E-state index in [4.69, 9.17) is 11.6 Å². The van der Waals surface area contributed by atoms with Gasteiger partial charge in [-0.25, -0.2) is 0 Å². The van der Waals surface area contributed by atoms with E-state index in [1.54, 1.807) is 0 Å². The van der Waals surface area contributed by atoms with Gasteiger partial charge in [0.1, 0.15) is 6.29 Å². The molecule has 2 unspecified atom stereocenters. The molecular weight excluding hydrogens is 186 g/mol. The predicted molar refractivity (Wildman–Crippen MR) is 53.3 cm³/mol. The maximum absolute atomic E-state index is 10.8. The number of carbonyl (C=O) groups excluding carboxylic acids is 1. The topological polar surface area (TPSA) is 29.1 Å².